The minimum Gasteiger partial charge on any atom is -0.497 e. The molecule has 8 nitrogen and oxygen atoms in total. The third-order valence-corrected chi connectivity index (χ3v) is 6.94. The second-order valence-electron chi connectivity index (χ2n) is 12.4. The molecule has 1 atom stereocenters. The van der Waals surface area contributed by atoms with Crippen LogP contribution in [0, 0.1) is 18.7 Å². The van der Waals surface area contributed by atoms with Gasteiger partial charge in [-0.15, -0.1) is 0 Å². The fraction of sp³-hybridized carbons (Fsp3) is 0.424. The minimum absolute atomic E-state index is 0.00777. The van der Waals surface area contributed by atoms with Gasteiger partial charge in [-0.3, -0.25) is 9.78 Å². The standard InChI is InChI=1S/C33H40FN3O5/c1-20(2)17-33(7,36-31(39)42-32(4,5)6)19-41-28-16-27-25(15-26(28)34)24-13-14-35-21(3)29(24)30(38)37(27)18-22-9-11-23(40-8)12-10-22/h9-16,20H,17-19H2,1-8H3,(H,36,39). The van der Waals surface area contributed by atoms with Crippen molar-refractivity contribution in [2.45, 2.75) is 72.6 Å². The number of aromatic nitrogens is 2. The average Bonchev–Trinajstić information content (AvgIpc) is 2.88. The van der Waals surface area contributed by atoms with Gasteiger partial charge in [-0.05, 0) is 82.2 Å². The smallest absolute Gasteiger partial charge is 0.408 e. The Balaban J connectivity index is 1.78. The SMILES string of the molecule is COc1ccc(Cn2c(=O)c3c(C)nccc3c3cc(F)c(OCC(C)(CC(C)C)NC(=O)OC(C)(C)C)cc32)cc1. The molecule has 0 spiro atoms. The van der Waals surface area contributed by atoms with Gasteiger partial charge in [0.15, 0.2) is 11.6 Å². The number of halogens is 1. The van der Waals surface area contributed by atoms with Crippen LogP contribution >= 0.6 is 0 Å². The summed E-state index contributed by atoms with van der Waals surface area (Å²) in [4.78, 5) is 30.8. The summed E-state index contributed by atoms with van der Waals surface area (Å²) in [6, 6.07) is 12.1. The van der Waals surface area contributed by atoms with Gasteiger partial charge in [0.25, 0.3) is 5.56 Å². The van der Waals surface area contributed by atoms with Gasteiger partial charge in [0.05, 0.1) is 35.8 Å². The van der Waals surface area contributed by atoms with Gasteiger partial charge in [0.1, 0.15) is 18.0 Å². The van der Waals surface area contributed by atoms with E-state index < -0.39 is 23.1 Å². The number of nitrogens with zero attached hydrogens (tertiary/aromatic N) is 2. The number of carbonyl (C=O) groups is 1. The molecule has 0 aliphatic heterocycles. The zero-order chi connectivity index (χ0) is 30.8. The van der Waals surface area contributed by atoms with E-state index in [2.05, 4.69) is 10.3 Å². The monoisotopic (exact) mass is 577 g/mol. The molecule has 1 N–H and O–H groups in total. The van der Waals surface area contributed by atoms with E-state index in [1.807, 2.05) is 45.0 Å². The summed E-state index contributed by atoms with van der Waals surface area (Å²) in [6.07, 6.45) is 1.62. The van der Waals surface area contributed by atoms with E-state index in [1.54, 1.807) is 57.7 Å². The Kier molecular flexibility index (Phi) is 8.80. The number of rotatable bonds is 9. The fourth-order valence-corrected chi connectivity index (χ4v) is 5.30. The highest BCUT2D eigenvalue weighted by molar-refractivity contribution is 6.06. The van der Waals surface area contributed by atoms with Crippen LogP contribution in [0.1, 0.15) is 59.2 Å². The second-order valence-corrected chi connectivity index (χ2v) is 12.4. The number of amides is 1. The van der Waals surface area contributed by atoms with Crippen LogP contribution in [0.15, 0.2) is 53.5 Å². The molecule has 9 heteroatoms. The van der Waals surface area contributed by atoms with E-state index in [4.69, 9.17) is 14.2 Å². The van der Waals surface area contributed by atoms with Crippen molar-refractivity contribution < 1.29 is 23.4 Å². The number of hydrogen-bond donors (Lipinski definition) is 1. The molecule has 2 aromatic heterocycles. The van der Waals surface area contributed by atoms with E-state index in [1.165, 1.54) is 6.07 Å². The van der Waals surface area contributed by atoms with Crippen molar-refractivity contribution in [2.75, 3.05) is 13.7 Å². The fourth-order valence-electron chi connectivity index (χ4n) is 5.30. The largest absolute Gasteiger partial charge is 0.497 e. The third kappa shape index (κ3) is 7.01. The maximum absolute atomic E-state index is 15.7. The van der Waals surface area contributed by atoms with Crippen molar-refractivity contribution in [3.05, 3.63) is 76.1 Å². The highest BCUT2D eigenvalue weighted by Gasteiger charge is 2.31. The van der Waals surface area contributed by atoms with E-state index in [0.717, 1.165) is 5.56 Å². The van der Waals surface area contributed by atoms with Crippen LogP contribution in [0.4, 0.5) is 9.18 Å². The Bertz CT molecular complexity index is 1660. The normalized spacial score (nSPS) is 13.3. The molecule has 4 rings (SSSR count). The highest BCUT2D eigenvalue weighted by Crippen LogP contribution is 2.31. The Hall–Kier alpha value is -4.14. The summed E-state index contributed by atoms with van der Waals surface area (Å²) in [5, 5.41) is 4.56. The van der Waals surface area contributed by atoms with E-state index >= 15 is 4.39 Å². The van der Waals surface area contributed by atoms with Gasteiger partial charge in [0, 0.05) is 17.6 Å². The molecule has 0 fully saturated rings. The maximum atomic E-state index is 15.7. The first kappa shape index (κ1) is 30.8. The maximum Gasteiger partial charge on any atom is 0.408 e. The van der Waals surface area contributed by atoms with Crippen LogP contribution in [0.3, 0.4) is 0 Å². The zero-order valence-corrected chi connectivity index (χ0v) is 25.6. The van der Waals surface area contributed by atoms with Gasteiger partial charge in [0.2, 0.25) is 0 Å². The second kappa shape index (κ2) is 12.0. The summed E-state index contributed by atoms with van der Waals surface area (Å²) < 4.78 is 34.1. The molecule has 0 aliphatic rings. The number of hydrogen-bond acceptors (Lipinski definition) is 6. The van der Waals surface area contributed by atoms with Crippen LogP contribution in [0.2, 0.25) is 0 Å². The molecule has 1 unspecified atom stereocenters. The number of ether oxygens (including phenoxy) is 3. The Morgan fingerprint density at radius 1 is 1.07 bits per heavy atom. The summed E-state index contributed by atoms with van der Waals surface area (Å²) in [6.45, 7) is 13.3. The minimum atomic E-state index is -0.840. The lowest BCUT2D eigenvalue weighted by atomic mass is 9.91. The number of nitrogens with one attached hydrogen (secondary N) is 1. The van der Waals surface area contributed by atoms with Crippen LogP contribution in [0.5, 0.6) is 11.5 Å². The third-order valence-electron chi connectivity index (χ3n) is 6.94. The molecule has 0 aliphatic carbocycles. The Morgan fingerprint density at radius 3 is 2.38 bits per heavy atom. The van der Waals surface area contributed by atoms with Crippen molar-refractivity contribution in [2.24, 2.45) is 5.92 Å². The lowest BCUT2D eigenvalue weighted by molar-refractivity contribution is 0.0406. The molecule has 0 radical (unpaired) electrons. The number of fused-ring (bicyclic) bond motifs is 3. The van der Waals surface area contributed by atoms with Gasteiger partial charge < -0.3 is 24.1 Å². The Morgan fingerprint density at radius 2 is 1.76 bits per heavy atom. The molecule has 224 valence electrons. The van der Waals surface area contributed by atoms with Gasteiger partial charge >= 0.3 is 6.09 Å². The molecular formula is C33H40FN3O5. The quantitative estimate of drug-likeness (QED) is 0.221. The lowest BCUT2D eigenvalue weighted by Gasteiger charge is -2.33. The number of alkyl carbamates (subject to hydrolysis) is 1. The first-order valence-corrected chi connectivity index (χ1v) is 14.1. The van der Waals surface area contributed by atoms with Crippen LogP contribution in [-0.2, 0) is 11.3 Å². The highest BCUT2D eigenvalue weighted by atomic mass is 19.1. The van der Waals surface area contributed by atoms with Crippen LogP contribution < -0.4 is 20.3 Å². The first-order chi connectivity index (χ1) is 19.7. The summed E-state index contributed by atoms with van der Waals surface area (Å²) >= 11 is 0. The molecule has 42 heavy (non-hydrogen) atoms. The molecule has 4 aromatic rings. The predicted molar refractivity (Wildman–Crippen MR) is 163 cm³/mol. The summed E-state index contributed by atoms with van der Waals surface area (Å²) in [5.74, 6) is 0.332. The van der Waals surface area contributed by atoms with Crippen LogP contribution in [0.25, 0.3) is 21.7 Å². The predicted octanol–water partition coefficient (Wildman–Crippen LogP) is 6.76. The number of pyridine rings is 2. The Labute approximate surface area is 245 Å². The lowest BCUT2D eigenvalue weighted by Crippen LogP contribution is -2.52. The van der Waals surface area contributed by atoms with E-state index in [0.29, 0.717) is 39.5 Å². The van der Waals surface area contributed by atoms with Crippen molar-refractivity contribution >= 4 is 27.8 Å². The molecule has 0 saturated heterocycles. The summed E-state index contributed by atoms with van der Waals surface area (Å²) in [5.41, 5.74) is 0.230. The van der Waals surface area contributed by atoms with Crippen molar-refractivity contribution in [1.29, 1.82) is 0 Å². The molecule has 1 amide bonds. The first-order valence-electron chi connectivity index (χ1n) is 14.1. The van der Waals surface area contributed by atoms with Gasteiger partial charge in [-0.25, -0.2) is 9.18 Å². The average molecular weight is 578 g/mol. The van der Waals surface area contributed by atoms with Crippen molar-refractivity contribution in [1.82, 2.24) is 14.9 Å². The zero-order valence-electron chi connectivity index (χ0n) is 25.6. The number of benzene rings is 2. The molecule has 2 heterocycles. The van der Waals surface area contributed by atoms with Crippen molar-refractivity contribution in [3.63, 3.8) is 0 Å². The van der Waals surface area contributed by atoms with Gasteiger partial charge in [-0.1, -0.05) is 26.0 Å². The molecule has 0 bridgehead atoms. The topological polar surface area (TPSA) is 91.7 Å². The molecule has 0 saturated carbocycles. The van der Waals surface area contributed by atoms with Crippen LogP contribution in [-0.4, -0.2) is 40.5 Å². The molecule has 2 aromatic carbocycles. The van der Waals surface area contributed by atoms with E-state index in [-0.39, 0.29) is 30.4 Å². The van der Waals surface area contributed by atoms with Crippen molar-refractivity contribution in [3.8, 4) is 11.5 Å². The number of methoxy groups -OCH3 is 1. The molecular weight excluding hydrogens is 537 g/mol. The summed E-state index contributed by atoms with van der Waals surface area (Å²) in [7, 11) is 1.59. The van der Waals surface area contributed by atoms with Gasteiger partial charge in [-0.2, -0.15) is 0 Å². The number of carbonyl (C=O) groups excluding carboxylic acids is 1. The van der Waals surface area contributed by atoms with E-state index in [9.17, 15) is 9.59 Å². The number of aryl methyl sites for hydroxylation is 1.